The summed E-state index contributed by atoms with van der Waals surface area (Å²) in [7, 11) is 0. The van der Waals surface area contributed by atoms with Crippen LogP contribution in [0.15, 0.2) is 48.5 Å². The van der Waals surface area contributed by atoms with Crippen LogP contribution in [0.2, 0.25) is 0 Å². The molecule has 144 valence electrons. The largest absolute Gasteiger partial charge is 0.484 e. The normalized spacial score (nSPS) is 10.8. The van der Waals surface area contributed by atoms with Gasteiger partial charge in [-0.05, 0) is 59.4 Å². The number of aryl methyl sites for hydroxylation is 1. The van der Waals surface area contributed by atoms with Crippen LogP contribution in [0.4, 0.5) is 5.69 Å². The standard InChI is InChI=1S/C21H27N3O2S/c1-5-15-6-10-17(11-7-15)22-20(27)24-23-19(25)14-26-18-12-8-16(9-13-18)21(2,3)4/h6-13H,5,14H2,1-4H3,(H,23,25)(H2,22,24,27). The molecule has 0 aliphatic heterocycles. The number of hydrogen-bond acceptors (Lipinski definition) is 3. The van der Waals surface area contributed by atoms with E-state index in [4.69, 9.17) is 17.0 Å². The van der Waals surface area contributed by atoms with Crippen LogP contribution >= 0.6 is 12.2 Å². The van der Waals surface area contributed by atoms with Crippen molar-refractivity contribution in [1.82, 2.24) is 10.9 Å². The maximum atomic E-state index is 11.9. The number of carbonyl (C=O) groups is 1. The lowest BCUT2D eigenvalue weighted by molar-refractivity contribution is -0.123. The van der Waals surface area contributed by atoms with Crippen molar-refractivity contribution in [2.45, 2.75) is 39.5 Å². The van der Waals surface area contributed by atoms with Gasteiger partial charge in [-0.3, -0.25) is 15.6 Å². The summed E-state index contributed by atoms with van der Waals surface area (Å²) >= 11 is 5.16. The fourth-order valence-electron chi connectivity index (χ4n) is 2.35. The van der Waals surface area contributed by atoms with Crippen molar-refractivity contribution >= 4 is 28.9 Å². The van der Waals surface area contributed by atoms with Crippen molar-refractivity contribution in [3.8, 4) is 5.75 Å². The second-order valence-corrected chi connectivity index (χ2v) is 7.65. The second-order valence-electron chi connectivity index (χ2n) is 7.24. The van der Waals surface area contributed by atoms with Gasteiger partial charge in [0, 0.05) is 5.69 Å². The summed E-state index contributed by atoms with van der Waals surface area (Å²) in [6, 6.07) is 15.7. The molecule has 0 heterocycles. The zero-order chi connectivity index (χ0) is 19.9. The fourth-order valence-corrected chi connectivity index (χ4v) is 2.52. The Kier molecular flexibility index (Phi) is 7.19. The van der Waals surface area contributed by atoms with E-state index in [1.54, 1.807) is 0 Å². The zero-order valence-corrected chi connectivity index (χ0v) is 17.1. The number of benzene rings is 2. The van der Waals surface area contributed by atoms with Gasteiger partial charge >= 0.3 is 0 Å². The Morgan fingerprint density at radius 2 is 1.63 bits per heavy atom. The third-order valence-electron chi connectivity index (χ3n) is 4.03. The first-order chi connectivity index (χ1) is 12.8. The summed E-state index contributed by atoms with van der Waals surface area (Å²) in [5, 5.41) is 3.32. The van der Waals surface area contributed by atoms with Crippen molar-refractivity contribution in [2.75, 3.05) is 11.9 Å². The monoisotopic (exact) mass is 385 g/mol. The summed E-state index contributed by atoms with van der Waals surface area (Å²) in [5.41, 5.74) is 8.58. The number of amides is 1. The van der Waals surface area contributed by atoms with Crippen LogP contribution in [0.5, 0.6) is 5.75 Å². The quantitative estimate of drug-likeness (QED) is 0.537. The maximum absolute atomic E-state index is 11.9. The van der Waals surface area contributed by atoms with Crippen LogP contribution in [0, 0.1) is 0 Å². The second kappa shape index (κ2) is 9.37. The molecule has 6 heteroatoms. The van der Waals surface area contributed by atoms with Crippen LogP contribution in [0.25, 0.3) is 0 Å². The number of nitrogens with one attached hydrogen (secondary N) is 3. The SMILES string of the molecule is CCc1ccc(NC(=S)NNC(=O)COc2ccc(C(C)(C)C)cc2)cc1. The van der Waals surface area contributed by atoms with E-state index in [0.717, 1.165) is 12.1 Å². The number of thiocarbonyl (C=S) groups is 1. The van der Waals surface area contributed by atoms with Gasteiger partial charge in [-0.2, -0.15) is 0 Å². The first kappa shape index (κ1) is 20.7. The van der Waals surface area contributed by atoms with Crippen molar-refractivity contribution in [2.24, 2.45) is 0 Å². The van der Waals surface area contributed by atoms with Gasteiger partial charge in [-0.15, -0.1) is 0 Å². The van der Waals surface area contributed by atoms with Gasteiger partial charge in [-0.1, -0.05) is 52.0 Å². The van der Waals surface area contributed by atoms with E-state index in [1.807, 2.05) is 48.5 Å². The minimum atomic E-state index is -0.319. The number of ether oxygens (including phenoxy) is 1. The van der Waals surface area contributed by atoms with Gasteiger partial charge in [0.05, 0.1) is 0 Å². The minimum Gasteiger partial charge on any atom is -0.484 e. The third kappa shape index (κ3) is 6.90. The molecule has 2 aromatic rings. The Hall–Kier alpha value is -2.60. The van der Waals surface area contributed by atoms with E-state index in [9.17, 15) is 4.79 Å². The molecule has 3 N–H and O–H groups in total. The van der Waals surface area contributed by atoms with Gasteiger partial charge in [0.1, 0.15) is 5.75 Å². The molecule has 1 amide bonds. The molecule has 0 saturated carbocycles. The Balaban J connectivity index is 1.73. The maximum Gasteiger partial charge on any atom is 0.276 e. The molecule has 27 heavy (non-hydrogen) atoms. The van der Waals surface area contributed by atoms with E-state index in [0.29, 0.717) is 10.9 Å². The average molecular weight is 386 g/mol. The average Bonchev–Trinajstić information content (AvgIpc) is 2.65. The number of hydrogen-bond donors (Lipinski definition) is 3. The highest BCUT2D eigenvalue weighted by atomic mass is 32.1. The molecular formula is C21H27N3O2S. The van der Waals surface area contributed by atoms with E-state index < -0.39 is 0 Å². The predicted molar refractivity (Wildman–Crippen MR) is 114 cm³/mol. The van der Waals surface area contributed by atoms with Crippen molar-refractivity contribution < 1.29 is 9.53 Å². The predicted octanol–water partition coefficient (Wildman–Crippen LogP) is 3.94. The highest BCUT2D eigenvalue weighted by molar-refractivity contribution is 7.80. The summed E-state index contributed by atoms with van der Waals surface area (Å²) in [6.45, 7) is 8.45. The number of rotatable bonds is 5. The van der Waals surface area contributed by atoms with Gasteiger partial charge in [0.2, 0.25) is 0 Å². The van der Waals surface area contributed by atoms with Crippen LogP contribution in [-0.2, 0) is 16.6 Å². The molecule has 2 aromatic carbocycles. The fraction of sp³-hybridized carbons (Fsp3) is 0.333. The summed E-state index contributed by atoms with van der Waals surface area (Å²) in [5.74, 6) is 0.329. The van der Waals surface area contributed by atoms with Crippen LogP contribution in [-0.4, -0.2) is 17.6 Å². The highest BCUT2D eigenvalue weighted by Crippen LogP contribution is 2.24. The minimum absolute atomic E-state index is 0.0827. The molecule has 0 saturated heterocycles. The van der Waals surface area contributed by atoms with E-state index in [2.05, 4.69) is 43.9 Å². The molecule has 0 radical (unpaired) electrons. The van der Waals surface area contributed by atoms with E-state index in [-0.39, 0.29) is 17.9 Å². The van der Waals surface area contributed by atoms with Gasteiger partial charge in [-0.25, -0.2) is 0 Å². The molecule has 0 fully saturated rings. The number of carbonyl (C=O) groups excluding carboxylic acids is 1. The first-order valence-corrected chi connectivity index (χ1v) is 9.37. The molecular weight excluding hydrogens is 358 g/mol. The molecule has 0 bridgehead atoms. The van der Waals surface area contributed by atoms with Crippen molar-refractivity contribution in [3.05, 3.63) is 59.7 Å². The molecule has 0 aliphatic carbocycles. The Morgan fingerprint density at radius 3 is 2.19 bits per heavy atom. The molecule has 0 unspecified atom stereocenters. The lowest BCUT2D eigenvalue weighted by Crippen LogP contribution is -2.45. The first-order valence-electron chi connectivity index (χ1n) is 8.96. The number of hydrazine groups is 1. The Bertz CT molecular complexity index is 766. The van der Waals surface area contributed by atoms with E-state index >= 15 is 0 Å². The van der Waals surface area contributed by atoms with E-state index in [1.165, 1.54) is 11.1 Å². The van der Waals surface area contributed by atoms with Gasteiger partial charge < -0.3 is 10.1 Å². The molecule has 0 aromatic heterocycles. The van der Waals surface area contributed by atoms with Crippen molar-refractivity contribution in [1.29, 1.82) is 0 Å². The smallest absolute Gasteiger partial charge is 0.276 e. The molecule has 0 aliphatic rings. The number of anilines is 1. The van der Waals surface area contributed by atoms with Crippen LogP contribution in [0.3, 0.4) is 0 Å². The summed E-state index contributed by atoms with van der Waals surface area (Å²) in [6.07, 6.45) is 0.984. The lowest BCUT2D eigenvalue weighted by Gasteiger charge is -2.19. The van der Waals surface area contributed by atoms with Crippen LogP contribution < -0.4 is 20.9 Å². The molecule has 0 atom stereocenters. The van der Waals surface area contributed by atoms with Gasteiger partial charge in [0.15, 0.2) is 11.7 Å². The third-order valence-corrected chi connectivity index (χ3v) is 4.23. The van der Waals surface area contributed by atoms with Crippen molar-refractivity contribution in [3.63, 3.8) is 0 Å². The summed E-state index contributed by atoms with van der Waals surface area (Å²) in [4.78, 5) is 11.9. The van der Waals surface area contributed by atoms with Crippen LogP contribution in [0.1, 0.15) is 38.8 Å². The highest BCUT2D eigenvalue weighted by Gasteiger charge is 2.13. The molecule has 2 rings (SSSR count). The molecule has 0 spiro atoms. The Labute approximate surface area is 166 Å². The zero-order valence-electron chi connectivity index (χ0n) is 16.3. The van der Waals surface area contributed by atoms with Gasteiger partial charge in [0.25, 0.3) is 5.91 Å². The topological polar surface area (TPSA) is 62.4 Å². The molecule has 5 nitrogen and oxygen atoms in total. The Morgan fingerprint density at radius 1 is 1.00 bits per heavy atom. The summed E-state index contributed by atoms with van der Waals surface area (Å²) < 4.78 is 5.50. The lowest BCUT2D eigenvalue weighted by atomic mass is 9.87.